The number of ether oxygens (including phenoxy) is 3. The van der Waals surface area contributed by atoms with Crippen LogP contribution in [0.1, 0.15) is 0 Å². The second-order valence-corrected chi connectivity index (χ2v) is 6.51. The molecule has 0 fully saturated rings. The first-order valence-electron chi connectivity index (χ1n) is 9.33. The number of benzene rings is 2. The average Bonchev–Trinajstić information content (AvgIpc) is 3.21. The van der Waals surface area contributed by atoms with E-state index in [1.807, 2.05) is 0 Å². The Morgan fingerprint density at radius 1 is 1.00 bits per heavy atom. The molecule has 0 bridgehead atoms. The lowest BCUT2D eigenvalue weighted by molar-refractivity contribution is 0.324. The molecule has 4 aromatic rings. The predicted molar refractivity (Wildman–Crippen MR) is 116 cm³/mol. The first-order chi connectivity index (χ1) is 15.1. The number of fused-ring (bicyclic) bond motifs is 1. The van der Waals surface area contributed by atoms with Crippen LogP contribution < -0.4 is 24.8 Å². The quantitative estimate of drug-likeness (QED) is 0.409. The third-order valence-corrected chi connectivity index (χ3v) is 4.73. The predicted octanol–water partition coefficient (Wildman–Crippen LogP) is 3.97. The lowest BCUT2D eigenvalue weighted by atomic mass is 10.1. The van der Waals surface area contributed by atoms with Gasteiger partial charge in [0, 0.05) is 36.5 Å². The van der Waals surface area contributed by atoms with Gasteiger partial charge in [0.2, 0.25) is 11.7 Å². The first kappa shape index (κ1) is 20.2. The molecule has 3 N–H and O–H groups in total. The van der Waals surface area contributed by atoms with Crippen molar-refractivity contribution >= 4 is 28.4 Å². The van der Waals surface area contributed by atoms with E-state index in [0.717, 1.165) is 5.52 Å². The van der Waals surface area contributed by atoms with Crippen molar-refractivity contribution < 1.29 is 18.6 Å². The molecule has 0 atom stereocenters. The van der Waals surface area contributed by atoms with E-state index in [1.54, 1.807) is 52.8 Å². The Hall–Kier alpha value is -4.08. The SMILES string of the molecule is CNc1nc(Nc2cc(OC)c(OC)c(OC)c2)ncc1-c1n[nH]c2ccc(F)cc12. The monoisotopic (exact) mass is 424 g/mol. The van der Waals surface area contributed by atoms with Gasteiger partial charge < -0.3 is 24.8 Å². The molecule has 2 aromatic carbocycles. The summed E-state index contributed by atoms with van der Waals surface area (Å²) in [5.41, 5.74) is 2.56. The van der Waals surface area contributed by atoms with Gasteiger partial charge in [-0.25, -0.2) is 9.37 Å². The van der Waals surface area contributed by atoms with Gasteiger partial charge in [0.05, 0.1) is 32.4 Å². The maximum Gasteiger partial charge on any atom is 0.229 e. The lowest BCUT2D eigenvalue weighted by Gasteiger charge is -2.15. The largest absolute Gasteiger partial charge is 0.493 e. The number of rotatable bonds is 7. The van der Waals surface area contributed by atoms with Crippen molar-refractivity contribution in [3.63, 3.8) is 0 Å². The topological polar surface area (TPSA) is 106 Å². The van der Waals surface area contributed by atoms with E-state index in [1.165, 1.54) is 12.1 Å². The number of hydrogen-bond donors (Lipinski definition) is 3. The van der Waals surface area contributed by atoms with Crippen molar-refractivity contribution in [1.29, 1.82) is 0 Å². The molecule has 0 unspecified atom stereocenters. The molecular formula is C21H21FN6O3. The molecule has 0 amide bonds. The van der Waals surface area contributed by atoms with Gasteiger partial charge in [0.1, 0.15) is 17.3 Å². The van der Waals surface area contributed by atoms with Gasteiger partial charge in [-0.1, -0.05) is 0 Å². The number of nitrogens with zero attached hydrogens (tertiary/aromatic N) is 3. The Balaban J connectivity index is 1.71. The van der Waals surface area contributed by atoms with Gasteiger partial charge in [-0.15, -0.1) is 0 Å². The number of halogens is 1. The molecule has 2 aromatic heterocycles. The minimum Gasteiger partial charge on any atom is -0.493 e. The van der Waals surface area contributed by atoms with Gasteiger partial charge in [-0.3, -0.25) is 5.10 Å². The Kier molecular flexibility index (Phi) is 5.44. The summed E-state index contributed by atoms with van der Waals surface area (Å²) in [6.07, 6.45) is 1.62. The molecule has 0 aliphatic heterocycles. The number of H-pyrrole nitrogens is 1. The molecule has 2 heterocycles. The maximum atomic E-state index is 13.7. The molecule has 31 heavy (non-hydrogen) atoms. The fourth-order valence-corrected chi connectivity index (χ4v) is 3.28. The maximum absolute atomic E-state index is 13.7. The Labute approximate surface area is 177 Å². The minimum atomic E-state index is -0.345. The molecule has 0 saturated carbocycles. The second-order valence-electron chi connectivity index (χ2n) is 6.51. The highest BCUT2D eigenvalue weighted by Crippen LogP contribution is 2.40. The van der Waals surface area contributed by atoms with Crippen molar-refractivity contribution in [2.75, 3.05) is 39.0 Å². The smallest absolute Gasteiger partial charge is 0.229 e. The van der Waals surface area contributed by atoms with Gasteiger partial charge in [-0.2, -0.15) is 10.1 Å². The number of hydrogen-bond acceptors (Lipinski definition) is 8. The number of aromatic amines is 1. The molecule has 0 saturated heterocycles. The Morgan fingerprint density at radius 2 is 1.74 bits per heavy atom. The van der Waals surface area contributed by atoms with Crippen LogP contribution in [-0.4, -0.2) is 48.5 Å². The third kappa shape index (κ3) is 3.75. The molecule has 10 heteroatoms. The first-order valence-corrected chi connectivity index (χ1v) is 9.33. The molecule has 0 spiro atoms. The minimum absolute atomic E-state index is 0.341. The van der Waals surface area contributed by atoms with E-state index < -0.39 is 0 Å². The summed E-state index contributed by atoms with van der Waals surface area (Å²) in [5, 5.41) is 14.0. The highest BCUT2D eigenvalue weighted by molar-refractivity contribution is 5.95. The Bertz CT molecular complexity index is 1220. The number of methoxy groups -OCH3 is 3. The van der Waals surface area contributed by atoms with Gasteiger partial charge >= 0.3 is 0 Å². The second kappa shape index (κ2) is 8.34. The van der Waals surface area contributed by atoms with Crippen LogP contribution in [0.15, 0.2) is 36.5 Å². The van der Waals surface area contributed by atoms with E-state index in [9.17, 15) is 4.39 Å². The molecule has 4 rings (SSSR count). The van der Waals surface area contributed by atoms with Gasteiger partial charge in [0.15, 0.2) is 11.5 Å². The fraction of sp³-hybridized carbons (Fsp3) is 0.190. The third-order valence-electron chi connectivity index (χ3n) is 4.73. The number of anilines is 3. The summed E-state index contributed by atoms with van der Waals surface area (Å²) in [7, 11) is 6.37. The standard InChI is InChI=1S/C21H21FN6O3/c1-23-20-14(18-13-7-11(22)5-6-15(13)27-28-18)10-24-21(26-20)25-12-8-16(29-2)19(31-4)17(9-12)30-3/h5-10H,1-4H3,(H,27,28)(H2,23,24,25,26). The van der Waals surface area contributed by atoms with E-state index in [4.69, 9.17) is 14.2 Å². The lowest BCUT2D eigenvalue weighted by Crippen LogP contribution is -2.04. The van der Waals surface area contributed by atoms with Crippen molar-refractivity contribution in [2.24, 2.45) is 0 Å². The van der Waals surface area contributed by atoms with Crippen molar-refractivity contribution in [1.82, 2.24) is 20.2 Å². The highest BCUT2D eigenvalue weighted by Gasteiger charge is 2.17. The van der Waals surface area contributed by atoms with Crippen molar-refractivity contribution in [2.45, 2.75) is 0 Å². The zero-order valence-corrected chi connectivity index (χ0v) is 17.4. The van der Waals surface area contributed by atoms with Crippen LogP contribution in [-0.2, 0) is 0 Å². The summed E-state index contributed by atoms with van der Waals surface area (Å²) in [5.74, 6) is 2.01. The molecule has 0 aliphatic carbocycles. The summed E-state index contributed by atoms with van der Waals surface area (Å²) >= 11 is 0. The van der Waals surface area contributed by atoms with Crippen LogP contribution >= 0.6 is 0 Å². The summed E-state index contributed by atoms with van der Waals surface area (Å²) in [6, 6.07) is 7.95. The van der Waals surface area contributed by atoms with Crippen LogP contribution in [0.3, 0.4) is 0 Å². The van der Waals surface area contributed by atoms with Crippen LogP contribution in [0, 0.1) is 5.82 Å². The van der Waals surface area contributed by atoms with E-state index in [2.05, 4.69) is 30.8 Å². The summed E-state index contributed by atoms with van der Waals surface area (Å²) < 4.78 is 29.9. The zero-order valence-electron chi connectivity index (χ0n) is 17.4. The van der Waals surface area contributed by atoms with Crippen LogP contribution in [0.5, 0.6) is 17.2 Å². The van der Waals surface area contributed by atoms with E-state index in [0.29, 0.717) is 51.3 Å². The van der Waals surface area contributed by atoms with E-state index >= 15 is 0 Å². The van der Waals surface area contributed by atoms with Gasteiger partial charge in [-0.05, 0) is 18.2 Å². The normalized spacial score (nSPS) is 10.7. The van der Waals surface area contributed by atoms with Crippen LogP contribution in [0.2, 0.25) is 0 Å². The number of nitrogens with one attached hydrogen (secondary N) is 3. The van der Waals surface area contributed by atoms with Crippen molar-refractivity contribution in [3.05, 3.63) is 42.3 Å². The molecule has 0 aliphatic rings. The van der Waals surface area contributed by atoms with Crippen LogP contribution in [0.25, 0.3) is 22.2 Å². The Morgan fingerprint density at radius 3 is 2.39 bits per heavy atom. The molecule has 9 nitrogen and oxygen atoms in total. The fourth-order valence-electron chi connectivity index (χ4n) is 3.28. The van der Waals surface area contributed by atoms with Crippen LogP contribution in [0.4, 0.5) is 21.8 Å². The average molecular weight is 424 g/mol. The van der Waals surface area contributed by atoms with E-state index in [-0.39, 0.29) is 5.82 Å². The molecule has 160 valence electrons. The molecular weight excluding hydrogens is 403 g/mol. The summed E-state index contributed by atoms with van der Waals surface area (Å²) in [6.45, 7) is 0. The highest BCUT2D eigenvalue weighted by atomic mass is 19.1. The van der Waals surface area contributed by atoms with Crippen molar-refractivity contribution in [3.8, 4) is 28.5 Å². The number of aromatic nitrogens is 4. The summed E-state index contributed by atoms with van der Waals surface area (Å²) in [4.78, 5) is 8.93. The molecule has 0 radical (unpaired) electrons. The van der Waals surface area contributed by atoms with Gasteiger partial charge in [0.25, 0.3) is 0 Å². The zero-order chi connectivity index (χ0) is 22.0.